The number of benzene rings is 2. The minimum absolute atomic E-state index is 0.0320. The van der Waals surface area contributed by atoms with Crippen LogP contribution in [-0.2, 0) is 27.4 Å². The molecule has 0 aliphatic carbocycles. The highest BCUT2D eigenvalue weighted by molar-refractivity contribution is 5.79. The summed E-state index contributed by atoms with van der Waals surface area (Å²) in [6.07, 6.45) is -0.949. The molecule has 5 N–H and O–H groups in total. The summed E-state index contributed by atoms with van der Waals surface area (Å²) in [5.41, 5.74) is 6.50. The number of ether oxygens (including phenoxy) is 3. The predicted octanol–water partition coefficient (Wildman–Crippen LogP) is 2.24. The second-order valence-corrected chi connectivity index (χ2v) is 7.33. The molecule has 0 aliphatic heterocycles. The molecule has 1 unspecified atom stereocenters. The molecule has 0 bridgehead atoms. The van der Waals surface area contributed by atoms with Crippen LogP contribution in [0, 0.1) is 17.7 Å². The Morgan fingerprint density at radius 2 is 1.68 bits per heavy atom. The second kappa shape index (κ2) is 11.0. The zero-order chi connectivity index (χ0) is 22.9. The summed E-state index contributed by atoms with van der Waals surface area (Å²) in [5, 5.41) is 19.5. The molecular formula is C22H27N3O6. The van der Waals surface area contributed by atoms with E-state index < -0.39 is 30.8 Å². The van der Waals surface area contributed by atoms with Crippen molar-refractivity contribution in [3.05, 3.63) is 65.2 Å². The van der Waals surface area contributed by atoms with Gasteiger partial charge in [0.25, 0.3) is 0 Å². The van der Waals surface area contributed by atoms with Gasteiger partial charge in [0.1, 0.15) is 24.4 Å². The number of nitrogens with one attached hydrogen (secondary N) is 2. The minimum atomic E-state index is -1.46. The maximum atomic E-state index is 12.5. The van der Waals surface area contributed by atoms with Gasteiger partial charge >= 0.3 is 12.1 Å². The fourth-order valence-electron chi connectivity index (χ4n) is 2.36. The number of aliphatic hydroxyl groups excluding tert-OH is 1. The van der Waals surface area contributed by atoms with Gasteiger partial charge in [0.05, 0.1) is 6.61 Å². The summed E-state index contributed by atoms with van der Waals surface area (Å²) in [6, 6.07) is 14.0. The van der Waals surface area contributed by atoms with E-state index in [2.05, 4.69) is 5.32 Å². The van der Waals surface area contributed by atoms with E-state index >= 15 is 0 Å². The molecule has 2 aromatic carbocycles. The molecule has 0 aliphatic rings. The molecule has 0 radical (unpaired) electrons. The average Bonchev–Trinajstić information content (AvgIpc) is 2.76. The average molecular weight is 429 g/mol. The molecule has 2 aromatic rings. The third-order valence-electron chi connectivity index (χ3n) is 4.44. The van der Waals surface area contributed by atoms with Crippen molar-refractivity contribution in [2.45, 2.75) is 27.0 Å². The SMILES string of the molecule is Cc1ccc(COC(=O)OCC(C)(CO)C(=O)Oc2ccc(CNC(=N)N)cc2)cc1. The summed E-state index contributed by atoms with van der Waals surface area (Å²) >= 11 is 0. The predicted molar refractivity (Wildman–Crippen MR) is 113 cm³/mol. The zero-order valence-corrected chi connectivity index (χ0v) is 17.5. The smallest absolute Gasteiger partial charge is 0.433 e. The number of carbonyl (C=O) groups excluding carboxylic acids is 2. The lowest BCUT2D eigenvalue weighted by Gasteiger charge is -2.24. The lowest BCUT2D eigenvalue weighted by Crippen LogP contribution is -2.40. The Hall–Kier alpha value is -3.59. The maximum absolute atomic E-state index is 12.5. The zero-order valence-electron chi connectivity index (χ0n) is 17.5. The maximum Gasteiger partial charge on any atom is 0.508 e. The Bertz CT molecular complexity index is 898. The van der Waals surface area contributed by atoms with E-state index in [0.29, 0.717) is 6.54 Å². The summed E-state index contributed by atoms with van der Waals surface area (Å²) in [4.78, 5) is 24.4. The number of nitrogens with two attached hydrogens (primary N) is 1. The largest absolute Gasteiger partial charge is 0.508 e. The van der Waals surface area contributed by atoms with E-state index in [-0.39, 0.29) is 18.3 Å². The van der Waals surface area contributed by atoms with Crippen LogP contribution in [0.4, 0.5) is 4.79 Å². The summed E-state index contributed by atoms with van der Waals surface area (Å²) in [6.45, 7) is 2.77. The summed E-state index contributed by atoms with van der Waals surface area (Å²) < 4.78 is 15.4. The first kappa shape index (κ1) is 23.7. The van der Waals surface area contributed by atoms with Gasteiger partial charge in [-0.3, -0.25) is 10.2 Å². The van der Waals surface area contributed by atoms with Gasteiger partial charge in [0.15, 0.2) is 5.96 Å². The van der Waals surface area contributed by atoms with Crippen LogP contribution in [0.15, 0.2) is 48.5 Å². The third kappa shape index (κ3) is 7.63. The quantitative estimate of drug-likeness (QED) is 0.206. The Balaban J connectivity index is 1.85. The van der Waals surface area contributed by atoms with Crippen molar-refractivity contribution in [2.24, 2.45) is 11.1 Å². The van der Waals surface area contributed by atoms with Crippen LogP contribution in [-0.4, -0.2) is 36.4 Å². The van der Waals surface area contributed by atoms with Crippen LogP contribution in [0.2, 0.25) is 0 Å². The molecule has 0 amide bonds. The number of hydrogen-bond donors (Lipinski definition) is 4. The van der Waals surface area contributed by atoms with E-state index in [1.165, 1.54) is 6.92 Å². The lowest BCUT2D eigenvalue weighted by atomic mass is 9.93. The highest BCUT2D eigenvalue weighted by atomic mass is 16.7. The van der Waals surface area contributed by atoms with Crippen molar-refractivity contribution < 1.29 is 28.9 Å². The lowest BCUT2D eigenvalue weighted by molar-refractivity contribution is -0.150. The highest BCUT2D eigenvalue weighted by Crippen LogP contribution is 2.22. The van der Waals surface area contributed by atoms with Crippen LogP contribution in [0.1, 0.15) is 23.6 Å². The Labute approximate surface area is 180 Å². The number of carbonyl (C=O) groups is 2. The van der Waals surface area contributed by atoms with Gasteiger partial charge in [-0.25, -0.2) is 4.79 Å². The van der Waals surface area contributed by atoms with E-state index in [1.807, 2.05) is 31.2 Å². The first-order valence-corrected chi connectivity index (χ1v) is 9.57. The van der Waals surface area contributed by atoms with Crippen LogP contribution < -0.4 is 15.8 Å². The van der Waals surface area contributed by atoms with Crippen molar-refractivity contribution in [1.29, 1.82) is 5.41 Å². The molecule has 0 fully saturated rings. The molecule has 0 aromatic heterocycles. The summed E-state index contributed by atoms with van der Waals surface area (Å²) in [5.74, 6) is -0.638. The van der Waals surface area contributed by atoms with Gasteiger partial charge in [-0.1, -0.05) is 42.0 Å². The molecule has 0 heterocycles. The topological polar surface area (TPSA) is 144 Å². The van der Waals surface area contributed by atoms with Gasteiger partial charge in [0.2, 0.25) is 0 Å². The van der Waals surface area contributed by atoms with Crippen LogP contribution >= 0.6 is 0 Å². The number of hydrogen-bond acceptors (Lipinski definition) is 7. The first-order valence-electron chi connectivity index (χ1n) is 9.57. The normalized spacial score (nSPS) is 12.4. The van der Waals surface area contributed by atoms with E-state index in [9.17, 15) is 14.7 Å². The standard InChI is InChI=1S/C22H27N3O6/c1-15-3-5-17(6-4-15)12-29-21(28)30-14-22(2,13-26)19(27)31-18-9-7-16(8-10-18)11-25-20(23)24/h3-10,26H,11-14H2,1-2H3,(H4,23,24,25). The Morgan fingerprint density at radius 3 is 2.26 bits per heavy atom. The molecule has 0 saturated carbocycles. The van der Waals surface area contributed by atoms with Gasteiger partial charge in [-0.2, -0.15) is 0 Å². The fraction of sp³-hybridized carbons (Fsp3) is 0.318. The molecule has 0 spiro atoms. The fourth-order valence-corrected chi connectivity index (χ4v) is 2.36. The number of guanidine groups is 1. The molecular weight excluding hydrogens is 402 g/mol. The van der Waals surface area contributed by atoms with Gasteiger partial charge in [0, 0.05) is 6.54 Å². The molecule has 9 nitrogen and oxygen atoms in total. The number of aliphatic hydroxyl groups is 1. The van der Waals surface area contributed by atoms with Gasteiger partial charge < -0.3 is 30.4 Å². The van der Waals surface area contributed by atoms with Crippen LogP contribution in [0.3, 0.4) is 0 Å². The number of esters is 1. The number of aryl methyl sites for hydroxylation is 1. The van der Waals surface area contributed by atoms with Crippen molar-refractivity contribution in [1.82, 2.24) is 5.32 Å². The highest BCUT2D eigenvalue weighted by Gasteiger charge is 2.37. The minimum Gasteiger partial charge on any atom is -0.433 e. The molecule has 2 rings (SSSR count). The van der Waals surface area contributed by atoms with Crippen LogP contribution in [0.5, 0.6) is 5.75 Å². The molecule has 9 heteroatoms. The van der Waals surface area contributed by atoms with Crippen LogP contribution in [0.25, 0.3) is 0 Å². The van der Waals surface area contributed by atoms with E-state index in [0.717, 1.165) is 16.7 Å². The second-order valence-electron chi connectivity index (χ2n) is 7.33. The molecule has 31 heavy (non-hydrogen) atoms. The molecule has 1 atom stereocenters. The van der Waals surface area contributed by atoms with Crippen molar-refractivity contribution >= 4 is 18.1 Å². The Morgan fingerprint density at radius 1 is 1.06 bits per heavy atom. The van der Waals surface area contributed by atoms with Crippen molar-refractivity contribution in [3.8, 4) is 5.75 Å². The monoisotopic (exact) mass is 429 g/mol. The molecule has 166 valence electrons. The van der Waals surface area contributed by atoms with Crippen molar-refractivity contribution in [3.63, 3.8) is 0 Å². The Kier molecular flexibility index (Phi) is 8.39. The van der Waals surface area contributed by atoms with Gasteiger partial charge in [-0.05, 0) is 37.1 Å². The number of rotatable bonds is 9. The van der Waals surface area contributed by atoms with Crippen molar-refractivity contribution in [2.75, 3.05) is 13.2 Å². The first-order chi connectivity index (χ1) is 14.7. The third-order valence-corrected chi connectivity index (χ3v) is 4.44. The van der Waals surface area contributed by atoms with Gasteiger partial charge in [-0.15, -0.1) is 0 Å². The van der Waals surface area contributed by atoms with E-state index in [4.69, 9.17) is 25.4 Å². The summed E-state index contributed by atoms with van der Waals surface area (Å²) in [7, 11) is 0. The molecule has 0 saturated heterocycles. The van der Waals surface area contributed by atoms with E-state index in [1.54, 1.807) is 24.3 Å².